The number of carbonyl (C=O) groups is 1. The van der Waals surface area contributed by atoms with E-state index in [0.29, 0.717) is 22.7 Å². The van der Waals surface area contributed by atoms with E-state index in [2.05, 4.69) is 15.3 Å². The van der Waals surface area contributed by atoms with Crippen LogP contribution in [0.15, 0.2) is 24.4 Å². The first-order valence-electron chi connectivity index (χ1n) is 8.40. The fraction of sp³-hybridized carbons (Fsp3) is 0.211. The molecule has 0 spiro atoms. The van der Waals surface area contributed by atoms with Crippen LogP contribution in [0.2, 0.25) is 5.15 Å². The van der Waals surface area contributed by atoms with Crippen LogP contribution in [-0.2, 0) is 13.0 Å². The Kier molecular flexibility index (Phi) is 5.93. The van der Waals surface area contributed by atoms with Crippen molar-refractivity contribution in [3.8, 4) is 16.3 Å². The SMILES string of the molecule is CCc1sc(-c2cc(O)c(C(=O)Nc3c(C)ccnc3Cl)cc2F)nc1CO. The van der Waals surface area contributed by atoms with Crippen LogP contribution in [0.4, 0.5) is 10.1 Å². The number of benzene rings is 1. The number of aliphatic hydroxyl groups excluding tert-OH is 1. The second-order valence-corrected chi connectivity index (χ2v) is 7.44. The number of phenolic OH excluding ortho intramolecular Hbond substituents is 1. The number of nitrogens with one attached hydrogen (secondary N) is 1. The zero-order valence-electron chi connectivity index (χ0n) is 15.1. The predicted molar refractivity (Wildman–Crippen MR) is 106 cm³/mol. The second kappa shape index (κ2) is 8.22. The van der Waals surface area contributed by atoms with Gasteiger partial charge in [-0.3, -0.25) is 4.79 Å². The summed E-state index contributed by atoms with van der Waals surface area (Å²) in [6.07, 6.45) is 2.14. The molecule has 0 saturated heterocycles. The molecule has 0 atom stereocenters. The Hall–Kier alpha value is -2.55. The average Bonchev–Trinajstić information content (AvgIpc) is 3.09. The smallest absolute Gasteiger partial charge is 0.259 e. The molecule has 1 amide bonds. The van der Waals surface area contributed by atoms with E-state index in [1.54, 1.807) is 13.0 Å². The van der Waals surface area contributed by atoms with Gasteiger partial charge in [-0.25, -0.2) is 14.4 Å². The molecule has 0 unspecified atom stereocenters. The van der Waals surface area contributed by atoms with E-state index < -0.39 is 17.5 Å². The maximum atomic E-state index is 14.7. The van der Waals surface area contributed by atoms with Gasteiger partial charge in [0.2, 0.25) is 0 Å². The Morgan fingerprint density at radius 2 is 2.14 bits per heavy atom. The summed E-state index contributed by atoms with van der Waals surface area (Å²) in [4.78, 5) is 21.5. The molecule has 0 radical (unpaired) electrons. The summed E-state index contributed by atoms with van der Waals surface area (Å²) in [6.45, 7) is 3.39. The summed E-state index contributed by atoms with van der Waals surface area (Å²) in [7, 11) is 0. The maximum Gasteiger partial charge on any atom is 0.259 e. The number of aromatic hydroxyl groups is 1. The lowest BCUT2D eigenvalue weighted by Gasteiger charge is -2.11. The number of rotatable bonds is 5. The second-order valence-electron chi connectivity index (χ2n) is 6.00. The predicted octanol–water partition coefficient (Wildman–Crippen LogP) is 4.32. The number of halogens is 2. The number of anilines is 1. The van der Waals surface area contributed by atoms with Crippen LogP contribution >= 0.6 is 22.9 Å². The number of phenols is 1. The fourth-order valence-electron chi connectivity index (χ4n) is 2.66. The minimum atomic E-state index is -0.717. The molecule has 28 heavy (non-hydrogen) atoms. The number of thiazole rings is 1. The topological polar surface area (TPSA) is 95.3 Å². The van der Waals surface area contributed by atoms with Crippen molar-refractivity contribution >= 4 is 34.5 Å². The first-order valence-corrected chi connectivity index (χ1v) is 9.59. The Morgan fingerprint density at radius 1 is 1.39 bits per heavy atom. The largest absolute Gasteiger partial charge is 0.507 e. The first kappa shape index (κ1) is 20.2. The minimum Gasteiger partial charge on any atom is -0.507 e. The number of amides is 1. The van der Waals surface area contributed by atoms with E-state index in [9.17, 15) is 19.4 Å². The zero-order chi connectivity index (χ0) is 20.4. The monoisotopic (exact) mass is 421 g/mol. The summed E-state index contributed by atoms with van der Waals surface area (Å²) in [5.74, 6) is -1.83. The molecule has 0 aliphatic carbocycles. The maximum absolute atomic E-state index is 14.7. The average molecular weight is 422 g/mol. The first-order chi connectivity index (χ1) is 13.3. The normalized spacial score (nSPS) is 10.9. The number of aliphatic hydroxyl groups is 1. The van der Waals surface area contributed by atoms with Gasteiger partial charge in [-0.15, -0.1) is 11.3 Å². The van der Waals surface area contributed by atoms with Gasteiger partial charge in [-0.05, 0) is 37.1 Å². The summed E-state index contributed by atoms with van der Waals surface area (Å²) >= 11 is 7.22. The van der Waals surface area contributed by atoms with Crippen molar-refractivity contribution < 1.29 is 19.4 Å². The Morgan fingerprint density at radius 3 is 2.75 bits per heavy atom. The van der Waals surface area contributed by atoms with Crippen molar-refractivity contribution in [3.63, 3.8) is 0 Å². The molecule has 3 rings (SSSR count). The van der Waals surface area contributed by atoms with Crippen molar-refractivity contribution in [1.82, 2.24) is 9.97 Å². The summed E-state index contributed by atoms with van der Waals surface area (Å²) in [6, 6.07) is 3.77. The van der Waals surface area contributed by atoms with Gasteiger partial charge in [-0.1, -0.05) is 18.5 Å². The highest BCUT2D eigenvalue weighted by atomic mass is 35.5. The standard InChI is InChI=1S/C19H17ClFN3O3S/c1-3-15-13(8-25)23-19(28-15)10-7-14(26)11(6-12(10)21)18(27)24-16-9(2)4-5-22-17(16)20/h4-7,25-26H,3,8H2,1-2H3,(H,24,27). The molecule has 0 aliphatic heterocycles. The number of pyridine rings is 1. The third kappa shape index (κ3) is 3.84. The summed E-state index contributed by atoms with van der Waals surface area (Å²) < 4.78 is 14.7. The van der Waals surface area contributed by atoms with E-state index in [1.165, 1.54) is 17.5 Å². The molecule has 0 fully saturated rings. The van der Waals surface area contributed by atoms with Crippen LogP contribution in [0.1, 0.15) is 33.4 Å². The van der Waals surface area contributed by atoms with Gasteiger partial charge in [0, 0.05) is 16.6 Å². The molecule has 0 saturated carbocycles. The van der Waals surface area contributed by atoms with Crippen LogP contribution in [0.3, 0.4) is 0 Å². The lowest BCUT2D eigenvalue weighted by atomic mass is 10.1. The zero-order valence-corrected chi connectivity index (χ0v) is 16.7. The number of hydrogen-bond donors (Lipinski definition) is 3. The van der Waals surface area contributed by atoms with E-state index in [-0.39, 0.29) is 28.6 Å². The number of carbonyl (C=O) groups excluding carboxylic acids is 1. The molecule has 0 bridgehead atoms. The van der Waals surface area contributed by atoms with Gasteiger partial charge in [0.15, 0.2) is 5.15 Å². The molecular formula is C19H17ClFN3O3S. The fourth-order valence-corrected chi connectivity index (χ4v) is 3.94. The van der Waals surface area contributed by atoms with Crippen LogP contribution in [0.25, 0.3) is 10.6 Å². The van der Waals surface area contributed by atoms with Gasteiger partial charge in [0.25, 0.3) is 5.91 Å². The highest BCUT2D eigenvalue weighted by molar-refractivity contribution is 7.15. The van der Waals surface area contributed by atoms with Crippen molar-refractivity contribution in [2.45, 2.75) is 26.9 Å². The van der Waals surface area contributed by atoms with Crippen LogP contribution in [0.5, 0.6) is 5.75 Å². The number of hydrogen-bond acceptors (Lipinski definition) is 6. The molecule has 146 valence electrons. The molecule has 2 aromatic heterocycles. The van der Waals surface area contributed by atoms with E-state index >= 15 is 0 Å². The highest BCUT2D eigenvalue weighted by Crippen LogP contribution is 2.35. The Bertz CT molecular complexity index is 1010. The Balaban J connectivity index is 1.96. The summed E-state index contributed by atoms with van der Waals surface area (Å²) in [5, 5.41) is 22.6. The van der Waals surface area contributed by atoms with Crippen molar-refractivity contribution in [3.05, 3.63) is 57.1 Å². The molecule has 2 heterocycles. The molecule has 3 aromatic rings. The van der Waals surface area contributed by atoms with Crippen LogP contribution in [-0.4, -0.2) is 26.1 Å². The van der Waals surface area contributed by atoms with Gasteiger partial charge >= 0.3 is 0 Å². The minimum absolute atomic E-state index is 0.0593. The van der Waals surface area contributed by atoms with Crippen molar-refractivity contribution in [2.24, 2.45) is 0 Å². The van der Waals surface area contributed by atoms with Gasteiger partial charge < -0.3 is 15.5 Å². The molecule has 9 heteroatoms. The lowest BCUT2D eigenvalue weighted by molar-refractivity contribution is 0.102. The van der Waals surface area contributed by atoms with E-state index in [4.69, 9.17) is 11.6 Å². The number of aromatic nitrogens is 2. The molecule has 0 aliphatic rings. The third-order valence-electron chi connectivity index (χ3n) is 4.16. The Labute approximate surface area is 169 Å². The van der Waals surface area contributed by atoms with Crippen LogP contribution < -0.4 is 5.32 Å². The van der Waals surface area contributed by atoms with E-state index in [1.807, 2.05) is 6.92 Å². The molecular weight excluding hydrogens is 405 g/mol. The van der Waals surface area contributed by atoms with Crippen molar-refractivity contribution in [1.29, 1.82) is 0 Å². The third-order valence-corrected chi connectivity index (χ3v) is 5.72. The summed E-state index contributed by atoms with van der Waals surface area (Å²) in [5.41, 5.74) is 1.26. The van der Waals surface area contributed by atoms with Crippen molar-refractivity contribution in [2.75, 3.05) is 5.32 Å². The molecule has 1 aromatic carbocycles. The van der Waals surface area contributed by atoms with Gasteiger partial charge in [-0.2, -0.15) is 0 Å². The quantitative estimate of drug-likeness (QED) is 0.533. The van der Waals surface area contributed by atoms with Crippen LogP contribution in [0, 0.1) is 12.7 Å². The van der Waals surface area contributed by atoms with E-state index in [0.717, 1.165) is 17.0 Å². The highest BCUT2D eigenvalue weighted by Gasteiger charge is 2.21. The lowest BCUT2D eigenvalue weighted by Crippen LogP contribution is -2.14. The number of aryl methyl sites for hydroxylation is 2. The molecule has 3 N–H and O–H groups in total. The van der Waals surface area contributed by atoms with Gasteiger partial charge in [0.05, 0.1) is 23.6 Å². The number of nitrogens with zero attached hydrogens (tertiary/aromatic N) is 2. The molecule has 6 nitrogen and oxygen atoms in total. The van der Waals surface area contributed by atoms with Gasteiger partial charge in [0.1, 0.15) is 16.6 Å².